The molecule has 0 heterocycles. The molecule has 0 saturated heterocycles. The number of nitrogens with one attached hydrogen (secondary N) is 2. The van der Waals surface area contributed by atoms with Gasteiger partial charge in [-0.2, -0.15) is 0 Å². The molecule has 2 aromatic rings. The predicted molar refractivity (Wildman–Crippen MR) is 109 cm³/mol. The Bertz CT molecular complexity index is 903. The third-order valence-corrected chi connectivity index (χ3v) is 3.85. The van der Waals surface area contributed by atoms with Gasteiger partial charge >= 0.3 is 5.97 Å². The first-order valence-corrected chi connectivity index (χ1v) is 9.22. The number of carbonyl (C=O) groups is 3. The zero-order chi connectivity index (χ0) is 22.6. The molecule has 10 heteroatoms. The average molecular weight is 434 g/mol. The molecule has 0 aliphatic rings. The summed E-state index contributed by atoms with van der Waals surface area (Å²) in [5.74, 6) is -1.62. The molecule has 2 aromatic carbocycles. The number of halogens is 1. The quantitative estimate of drug-likeness (QED) is 0.409. The summed E-state index contributed by atoms with van der Waals surface area (Å²) in [5, 5.41) is 5.09. The Hall–Kier alpha value is -3.66. The number of anilines is 1. The van der Waals surface area contributed by atoms with Crippen LogP contribution in [0, 0.1) is 5.82 Å². The van der Waals surface area contributed by atoms with Crippen molar-refractivity contribution in [3.05, 3.63) is 53.8 Å². The first kappa shape index (κ1) is 23.6. The van der Waals surface area contributed by atoms with E-state index in [2.05, 4.69) is 10.6 Å². The van der Waals surface area contributed by atoms with Crippen molar-refractivity contribution in [1.82, 2.24) is 5.32 Å². The van der Waals surface area contributed by atoms with Crippen molar-refractivity contribution in [3.63, 3.8) is 0 Å². The first-order valence-electron chi connectivity index (χ1n) is 9.22. The number of carbonyl (C=O) groups excluding carboxylic acids is 3. The molecule has 2 N–H and O–H groups in total. The Morgan fingerprint density at radius 1 is 0.935 bits per heavy atom. The minimum absolute atomic E-state index is 0.143. The smallest absolute Gasteiger partial charge is 0.338 e. The molecule has 166 valence electrons. The van der Waals surface area contributed by atoms with Crippen LogP contribution in [0.5, 0.6) is 11.5 Å². The van der Waals surface area contributed by atoms with Crippen LogP contribution in [0.15, 0.2) is 42.5 Å². The summed E-state index contributed by atoms with van der Waals surface area (Å²) in [7, 11) is 2.88. The lowest BCUT2D eigenvalue weighted by Crippen LogP contribution is -2.31. The predicted octanol–water partition coefficient (Wildman–Crippen LogP) is 1.77. The van der Waals surface area contributed by atoms with E-state index in [0.717, 1.165) is 0 Å². The van der Waals surface area contributed by atoms with E-state index in [0.29, 0.717) is 18.8 Å². The molecule has 0 spiro atoms. The van der Waals surface area contributed by atoms with Gasteiger partial charge in [0.15, 0.2) is 24.7 Å². The summed E-state index contributed by atoms with van der Waals surface area (Å²) in [6.07, 6.45) is 0. The molecule has 0 unspecified atom stereocenters. The minimum Gasteiger partial charge on any atom is -0.493 e. The second kappa shape index (κ2) is 12.1. The standard InChI is InChI=1S/C21H23FN2O7/c1-28-10-9-23-19(25)12-31-21(27)14-3-8-17(18(11-14)29-2)30-13-20(26)24-16-6-4-15(22)5-7-16/h3-8,11H,9-10,12-13H2,1-2H3,(H,23,25)(H,24,26). The van der Waals surface area contributed by atoms with Crippen molar-refractivity contribution in [2.24, 2.45) is 0 Å². The van der Waals surface area contributed by atoms with E-state index in [-0.39, 0.29) is 23.7 Å². The fourth-order valence-electron chi connectivity index (χ4n) is 2.35. The lowest BCUT2D eigenvalue weighted by atomic mass is 10.2. The fourth-order valence-corrected chi connectivity index (χ4v) is 2.35. The molecule has 2 rings (SSSR count). The zero-order valence-corrected chi connectivity index (χ0v) is 17.1. The first-order chi connectivity index (χ1) is 14.9. The minimum atomic E-state index is -0.721. The number of hydrogen-bond acceptors (Lipinski definition) is 7. The highest BCUT2D eigenvalue weighted by molar-refractivity contribution is 5.93. The summed E-state index contributed by atoms with van der Waals surface area (Å²) >= 11 is 0. The maximum absolute atomic E-state index is 12.9. The van der Waals surface area contributed by atoms with Crippen molar-refractivity contribution in [1.29, 1.82) is 0 Å². The molecule has 0 saturated carbocycles. The Labute approximate surface area is 178 Å². The summed E-state index contributed by atoms with van der Waals surface area (Å²) in [6, 6.07) is 9.53. The van der Waals surface area contributed by atoms with Crippen molar-refractivity contribution in [3.8, 4) is 11.5 Å². The number of hydrogen-bond donors (Lipinski definition) is 2. The van der Waals surface area contributed by atoms with Crippen LogP contribution in [0.4, 0.5) is 10.1 Å². The second-order valence-corrected chi connectivity index (χ2v) is 6.13. The second-order valence-electron chi connectivity index (χ2n) is 6.13. The van der Waals surface area contributed by atoms with Crippen LogP contribution in [-0.4, -0.2) is 58.4 Å². The van der Waals surface area contributed by atoms with Crippen LogP contribution in [0.3, 0.4) is 0 Å². The van der Waals surface area contributed by atoms with E-state index in [1.807, 2.05) is 0 Å². The maximum Gasteiger partial charge on any atom is 0.338 e. The van der Waals surface area contributed by atoms with Gasteiger partial charge in [-0.25, -0.2) is 9.18 Å². The highest BCUT2D eigenvalue weighted by atomic mass is 19.1. The van der Waals surface area contributed by atoms with Crippen LogP contribution >= 0.6 is 0 Å². The summed E-state index contributed by atoms with van der Waals surface area (Å²) in [5.41, 5.74) is 0.566. The number of rotatable bonds is 11. The third kappa shape index (κ3) is 7.94. The number of ether oxygens (including phenoxy) is 4. The normalized spacial score (nSPS) is 10.2. The van der Waals surface area contributed by atoms with E-state index in [1.54, 1.807) is 0 Å². The van der Waals surface area contributed by atoms with Gasteiger partial charge < -0.3 is 29.6 Å². The van der Waals surface area contributed by atoms with Gasteiger partial charge in [-0.05, 0) is 42.5 Å². The van der Waals surface area contributed by atoms with E-state index in [1.165, 1.54) is 56.7 Å². The van der Waals surface area contributed by atoms with Crippen LogP contribution < -0.4 is 20.1 Å². The van der Waals surface area contributed by atoms with Gasteiger partial charge in [0.1, 0.15) is 5.82 Å². The van der Waals surface area contributed by atoms with E-state index >= 15 is 0 Å². The lowest BCUT2D eigenvalue weighted by Gasteiger charge is -2.12. The van der Waals surface area contributed by atoms with Crippen molar-refractivity contribution in [2.45, 2.75) is 0 Å². The van der Waals surface area contributed by atoms with E-state index in [4.69, 9.17) is 18.9 Å². The topological polar surface area (TPSA) is 112 Å². The molecule has 9 nitrogen and oxygen atoms in total. The van der Waals surface area contributed by atoms with E-state index in [9.17, 15) is 18.8 Å². The largest absolute Gasteiger partial charge is 0.493 e. The molecule has 0 aromatic heterocycles. The molecule has 0 aliphatic carbocycles. The Morgan fingerprint density at radius 3 is 2.35 bits per heavy atom. The monoisotopic (exact) mass is 434 g/mol. The number of benzene rings is 2. The molecule has 0 radical (unpaired) electrons. The van der Waals surface area contributed by atoms with Gasteiger partial charge in [0, 0.05) is 19.3 Å². The van der Waals surface area contributed by atoms with Crippen molar-refractivity contribution >= 4 is 23.5 Å². The Balaban J connectivity index is 1.88. The summed E-state index contributed by atoms with van der Waals surface area (Å²) in [6.45, 7) is -0.117. The fraction of sp³-hybridized carbons (Fsp3) is 0.286. The van der Waals surface area contributed by atoms with Crippen LogP contribution in [0.25, 0.3) is 0 Å². The van der Waals surface area contributed by atoms with Crippen molar-refractivity contribution < 1.29 is 37.7 Å². The number of amides is 2. The van der Waals surface area contributed by atoms with E-state index < -0.39 is 30.2 Å². The molecule has 0 bridgehead atoms. The highest BCUT2D eigenvalue weighted by Crippen LogP contribution is 2.28. The molecule has 0 fully saturated rings. The molecule has 2 amide bonds. The average Bonchev–Trinajstić information content (AvgIpc) is 2.77. The van der Waals surface area contributed by atoms with Gasteiger partial charge in [-0.1, -0.05) is 0 Å². The van der Waals surface area contributed by atoms with Gasteiger partial charge in [0.25, 0.3) is 11.8 Å². The number of esters is 1. The summed E-state index contributed by atoms with van der Waals surface area (Å²) in [4.78, 5) is 35.7. The molecule has 31 heavy (non-hydrogen) atoms. The molecular formula is C21H23FN2O7. The van der Waals surface area contributed by atoms with Gasteiger partial charge in [0.05, 0.1) is 19.3 Å². The summed E-state index contributed by atoms with van der Waals surface area (Å²) < 4.78 is 33.3. The molecule has 0 aliphatic heterocycles. The van der Waals surface area contributed by atoms with Crippen LogP contribution in [-0.2, 0) is 19.1 Å². The van der Waals surface area contributed by atoms with Gasteiger partial charge in [-0.3, -0.25) is 9.59 Å². The zero-order valence-electron chi connectivity index (χ0n) is 17.1. The van der Waals surface area contributed by atoms with Crippen LogP contribution in [0.1, 0.15) is 10.4 Å². The third-order valence-electron chi connectivity index (χ3n) is 3.85. The lowest BCUT2D eigenvalue weighted by molar-refractivity contribution is -0.124. The highest BCUT2D eigenvalue weighted by Gasteiger charge is 2.15. The van der Waals surface area contributed by atoms with Gasteiger partial charge in [-0.15, -0.1) is 0 Å². The van der Waals surface area contributed by atoms with Crippen molar-refractivity contribution in [2.75, 3.05) is 45.9 Å². The Morgan fingerprint density at radius 2 is 1.68 bits per heavy atom. The maximum atomic E-state index is 12.9. The van der Waals surface area contributed by atoms with Gasteiger partial charge in [0.2, 0.25) is 0 Å². The number of methoxy groups -OCH3 is 2. The molecule has 0 atom stereocenters. The molecular weight excluding hydrogens is 411 g/mol. The van der Waals surface area contributed by atoms with Crippen LogP contribution in [0.2, 0.25) is 0 Å². The SMILES string of the molecule is COCCNC(=O)COC(=O)c1ccc(OCC(=O)Nc2ccc(F)cc2)c(OC)c1. The Kier molecular flexibility index (Phi) is 9.24.